The van der Waals surface area contributed by atoms with E-state index in [1.54, 1.807) is 5.57 Å². The summed E-state index contributed by atoms with van der Waals surface area (Å²) in [5.41, 5.74) is 8.58. The van der Waals surface area contributed by atoms with E-state index in [1.165, 1.54) is 54.5 Å². The van der Waals surface area contributed by atoms with Gasteiger partial charge in [-0.2, -0.15) is 5.10 Å². The number of hydrogen-bond donors (Lipinski definition) is 0. The molecule has 0 amide bonds. The number of rotatable bonds is 5. The number of nitrogens with zero attached hydrogens (tertiary/aromatic N) is 2. The fourth-order valence-corrected chi connectivity index (χ4v) is 5.49. The first-order valence-corrected chi connectivity index (χ1v) is 11.0. The predicted octanol–water partition coefficient (Wildman–Crippen LogP) is 6.56. The number of allylic oxidation sites excluding steroid dienone is 1. The van der Waals surface area contributed by atoms with Gasteiger partial charge in [0.2, 0.25) is 0 Å². The minimum Gasteiger partial charge on any atom is -0.233 e. The maximum absolute atomic E-state index is 4.76. The SMILES string of the molecule is Cc1ccc(-n2ncc3c2C=C2CCC(CCCc4ccccc4)C2(C)C3)cc1. The molecule has 1 fully saturated rings. The van der Waals surface area contributed by atoms with Gasteiger partial charge in [-0.25, -0.2) is 4.68 Å². The van der Waals surface area contributed by atoms with Crippen molar-refractivity contribution in [2.75, 3.05) is 0 Å². The van der Waals surface area contributed by atoms with E-state index in [9.17, 15) is 0 Å². The molecule has 2 aromatic carbocycles. The van der Waals surface area contributed by atoms with Crippen molar-refractivity contribution in [2.24, 2.45) is 11.3 Å². The molecule has 0 spiro atoms. The third kappa shape index (κ3) is 3.35. The van der Waals surface area contributed by atoms with Crippen LogP contribution < -0.4 is 0 Å². The first kappa shape index (κ1) is 18.4. The molecule has 0 N–H and O–H groups in total. The van der Waals surface area contributed by atoms with Crippen molar-refractivity contribution in [3.8, 4) is 5.69 Å². The first-order chi connectivity index (χ1) is 14.1. The molecular formula is C27H30N2. The van der Waals surface area contributed by atoms with Crippen LogP contribution in [0.15, 0.2) is 66.4 Å². The summed E-state index contributed by atoms with van der Waals surface area (Å²) in [5, 5.41) is 4.76. The summed E-state index contributed by atoms with van der Waals surface area (Å²) in [6.45, 7) is 4.64. The van der Waals surface area contributed by atoms with Crippen LogP contribution in [-0.2, 0) is 12.8 Å². The molecule has 1 saturated carbocycles. The van der Waals surface area contributed by atoms with Gasteiger partial charge in [0.1, 0.15) is 0 Å². The van der Waals surface area contributed by atoms with E-state index < -0.39 is 0 Å². The van der Waals surface area contributed by atoms with Crippen molar-refractivity contribution >= 4 is 6.08 Å². The molecule has 0 saturated heterocycles. The summed E-state index contributed by atoms with van der Waals surface area (Å²) in [6, 6.07) is 19.6. The van der Waals surface area contributed by atoms with Gasteiger partial charge in [-0.05, 0) is 86.1 Å². The van der Waals surface area contributed by atoms with Crippen LogP contribution in [-0.4, -0.2) is 9.78 Å². The highest BCUT2D eigenvalue weighted by atomic mass is 15.3. The van der Waals surface area contributed by atoms with Gasteiger partial charge < -0.3 is 0 Å². The molecular weight excluding hydrogens is 352 g/mol. The summed E-state index contributed by atoms with van der Waals surface area (Å²) in [7, 11) is 0. The van der Waals surface area contributed by atoms with E-state index in [2.05, 4.69) is 85.4 Å². The largest absolute Gasteiger partial charge is 0.233 e. The van der Waals surface area contributed by atoms with Gasteiger partial charge in [-0.3, -0.25) is 0 Å². The Morgan fingerprint density at radius 2 is 1.86 bits per heavy atom. The van der Waals surface area contributed by atoms with Gasteiger partial charge in [0, 0.05) is 0 Å². The smallest absolute Gasteiger partial charge is 0.0700 e. The molecule has 5 rings (SSSR count). The molecule has 2 nitrogen and oxygen atoms in total. The third-order valence-electron chi connectivity index (χ3n) is 7.29. The predicted molar refractivity (Wildman–Crippen MR) is 120 cm³/mol. The molecule has 1 aromatic heterocycles. The number of fused-ring (bicyclic) bond motifs is 2. The van der Waals surface area contributed by atoms with Crippen molar-refractivity contribution in [2.45, 2.75) is 52.4 Å². The molecule has 2 heteroatoms. The molecule has 0 bridgehead atoms. The normalized spacial score (nSPS) is 22.8. The molecule has 0 radical (unpaired) electrons. The topological polar surface area (TPSA) is 17.8 Å². The van der Waals surface area contributed by atoms with Crippen LogP contribution in [0.25, 0.3) is 11.8 Å². The number of hydrogen-bond acceptors (Lipinski definition) is 1. The molecule has 1 heterocycles. The highest BCUT2D eigenvalue weighted by Crippen LogP contribution is 2.54. The molecule has 2 unspecified atom stereocenters. The van der Waals surface area contributed by atoms with E-state index in [-0.39, 0.29) is 0 Å². The zero-order chi connectivity index (χ0) is 19.8. The molecule has 2 aliphatic carbocycles. The van der Waals surface area contributed by atoms with Crippen LogP contribution in [0.1, 0.15) is 55.0 Å². The molecule has 2 aliphatic rings. The minimum absolute atomic E-state index is 0.310. The van der Waals surface area contributed by atoms with Gasteiger partial charge >= 0.3 is 0 Å². The van der Waals surface area contributed by atoms with E-state index in [1.807, 2.05) is 0 Å². The quantitative estimate of drug-likeness (QED) is 0.488. The molecule has 2 atom stereocenters. The van der Waals surface area contributed by atoms with Crippen molar-refractivity contribution < 1.29 is 0 Å². The Hall–Kier alpha value is -2.61. The lowest BCUT2D eigenvalue weighted by atomic mass is 9.68. The highest BCUT2D eigenvalue weighted by molar-refractivity contribution is 5.61. The van der Waals surface area contributed by atoms with Crippen molar-refractivity contribution in [3.63, 3.8) is 0 Å². The Labute approximate surface area is 174 Å². The van der Waals surface area contributed by atoms with Crippen LogP contribution in [0, 0.1) is 18.3 Å². The van der Waals surface area contributed by atoms with E-state index >= 15 is 0 Å². The monoisotopic (exact) mass is 382 g/mol. The number of benzene rings is 2. The van der Waals surface area contributed by atoms with Crippen molar-refractivity contribution in [1.29, 1.82) is 0 Å². The van der Waals surface area contributed by atoms with Crippen molar-refractivity contribution in [3.05, 3.63) is 88.8 Å². The third-order valence-corrected chi connectivity index (χ3v) is 7.29. The summed E-state index contributed by atoms with van der Waals surface area (Å²) in [6.07, 6.45) is 12.1. The Bertz CT molecular complexity index is 1030. The van der Waals surface area contributed by atoms with Crippen LogP contribution in [0.4, 0.5) is 0 Å². The zero-order valence-electron chi connectivity index (χ0n) is 17.6. The van der Waals surface area contributed by atoms with E-state index in [4.69, 9.17) is 5.10 Å². The summed E-state index contributed by atoms with van der Waals surface area (Å²) < 4.78 is 2.13. The molecule has 0 aliphatic heterocycles. The van der Waals surface area contributed by atoms with E-state index in [0.29, 0.717) is 5.41 Å². The lowest BCUT2D eigenvalue weighted by Gasteiger charge is -2.36. The van der Waals surface area contributed by atoms with Gasteiger partial charge in [0.05, 0.1) is 17.6 Å². The van der Waals surface area contributed by atoms with Gasteiger partial charge in [0.25, 0.3) is 0 Å². The van der Waals surface area contributed by atoms with Gasteiger partial charge in [-0.1, -0.05) is 60.5 Å². The Morgan fingerprint density at radius 3 is 2.66 bits per heavy atom. The average Bonchev–Trinajstić information content (AvgIpc) is 3.28. The number of aryl methyl sites for hydroxylation is 2. The van der Waals surface area contributed by atoms with Crippen molar-refractivity contribution in [1.82, 2.24) is 9.78 Å². The zero-order valence-corrected chi connectivity index (χ0v) is 17.6. The average molecular weight is 383 g/mol. The summed E-state index contributed by atoms with van der Waals surface area (Å²) in [4.78, 5) is 0. The fraction of sp³-hybridized carbons (Fsp3) is 0.370. The van der Waals surface area contributed by atoms with Crippen LogP contribution in [0.5, 0.6) is 0 Å². The minimum atomic E-state index is 0.310. The van der Waals surface area contributed by atoms with Gasteiger partial charge in [-0.15, -0.1) is 0 Å². The number of aromatic nitrogens is 2. The molecule has 29 heavy (non-hydrogen) atoms. The maximum atomic E-state index is 4.76. The summed E-state index contributed by atoms with van der Waals surface area (Å²) >= 11 is 0. The second kappa shape index (κ2) is 7.33. The Balaban J connectivity index is 1.34. The van der Waals surface area contributed by atoms with Crippen LogP contribution in [0.3, 0.4) is 0 Å². The lowest BCUT2D eigenvalue weighted by molar-refractivity contribution is 0.252. The lowest BCUT2D eigenvalue weighted by Crippen LogP contribution is -2.29. The van der Waals surface area contributed by atoms with Gasteiger partial charge in [0.15, 0.2) is 0 Å². The van der Waals surface area contributed by atoms with E-state index in [0.717, 1.165) is 18.0 Å². The molecule has 3 aromatic rings. The second-order valence-electron chi connectivity index (χ2n) is 9.18. The standard InChI is InChI=1S/C27H30N2/c1-20-11-15-25(16-12-20)29-26-17-24-14-13-23(27(24,2)18-22(26)19-28-29)10-6-9-21-7-4-3-5-8-21/h3-5,7-8,11-12,15-17,19,23H,6,9-10,13-14,18H2,1-2H3. The summed E-state index contributed by atoms with van der Waals surface area (Å²) in [5.74, 6) is 0.785. The Morgan fingerprint density at radius 1 is 1.07 bits per heavy atom. The van der Waals surface area contributed by atoms with Crippen LogP contribution >= 0.6 is 0 Å². The Kier molecular flexibility index (Phi) is 4.66. The highest BCUT2D eigenvalue weighted by Gasteiger charge is 2.44. The second-order valence-corrected chi connectivity index (χ2v) is 9.18. The first-order valence-electron chi connectivity index (χ1n) is 11.0. The van der Waals surface area contributed by atoms with Crippen LogP contribution in [0.2, 0.25) is 0 Å². The molecule has 148 valence electrons. The fourth-order valence-electron chi connectivity index (χ4n) is 5.49. The maximum Gasteiger partial charge on any atom is 0.0700 e.